The third kappa shape index (κ3) is 8.22. The van der Waals surface area contributed by atoms with Gasteiger partial charge in [-0.25, -0.2) is 0 Å². The molecule has 0 saturated carbocycles. The van der Waals surface area contributed by atoms with Crippen LogP contribution in [-0.4, -0.2) is 65.2 Å². The molecule has 4 aromatic carbocycles. The van der Waals surface area contributed by atoms with Crippen LogP contribution in [0.5, 0.6) is 17.2 Å². The van der Waals surface area contributed by atoms with Crippen molar-refractivity contribution < 1.29 is 19.4 Å². The molecule has 0 bridgehead atoms. The van der Waals surface area contributed by atoms with Crippen LogP contribution in [0, 0.1) is 0 Å². The lowest BCUT2D eigenvalue weighted by Crippen LogP contribution is -2.36. The van der Waals surface area contributed by atoms with Gasteiger partial charge < -0.3 is 19.5 Å². The minimum Gasteiger partial charge on any atom is -0.491 e. The van der Waals surface area contributed by atoms with E-state index in [9.17, 15) is 9.90 Å². The Morgan fingerprint density at radius 1 is 0.841 bits per heavy atom. The monoisotopic (exact) mass is 589 g/mol. The van der Waals surface area contributed by atoms with Crippen molar-refractivity contribution in [3.63, 3.8) is 0 Å². The molecule has 0 fully saturated rings. The van der Waals surface area contributed by atoms with Gasteiger partial charge >= 0.3 is 0 Å². The predicted octanol–water partition coefficient (Wildman–Crippen LogP) is 6.60. The summed E-state index contributed by atoms with van der Waals surface area (Å²) < 4.78 is 12.1. The number of aliphatic hydroxyl groups is 1. The number of carbonyl (C=O) groups excluding carboxylic acids is 1. The molecule has 0 saturated heterocycles. The lowest BCUT2D eigenvalue weighted by atomic mass is 10.1. The second-order valence-corrected chi connectivity index (χ2v) is 10.8. The lowest BCUT2D eigenvalue weighted by molar-refractivity contribution is 0.0659. The molecule has 0 aliphatic rings. The third-order valence-electron chi connectivity index (χ3n) is 7.55. The van der Waals surface area contributed by atoms with E-state index in [1.54, 1.807) is 24.2 Å². The number of hydrogen-bond donors (Lipinski definition) is 1. The highest BCUT2D eigenvalue weighted by molar-refractivity contribution is 6.06. The van der Waals surface area contributed by atoms with Gasteiger partial charge in [-0.3, -0.25) is 14.7 Å². The summed E-state index contributed by atoms with van der Waals surface area (Å²) in [6.07, 6.45) is 1.87. The number of nitrogens with zero attached hydrogens (tertiary/aromatic N) is 3. The normalized spacial score (nSPS) is 11.8. The first-order valence-electron chi connectivity index (χ1n) is 15.0. The Labute approximate surface area is 259 Å². The molecule has 44 heavy (non-hydrogen) atoms. The Hall–Kier alpha value is -4.72. The number of amides is 1. The summed E-state index contributed by atoms with van der Waals surface area (Å²) in [5.41, 5.74) is 3.55. The number of para-hydroxylation sites is 2. The average molecular weight is 590 g/mol. The number of ether oxygens (including phenoxy) is 2. The fourth-order valence-corrected chi connectivity index (χ4v) is 5.04. The van der Waals surface area contributed by atoms with Crippen molar-refractivity contribution in [3.05, 3.63) is 132 Å². The molecule has 7 heteroatoms. The Kier molecular flexibility index (Phi) is 10.6. The molecule has 7 nitrogen and oxygen atoms in total. The molecule has 0 spiro atoms. The van der Waals surface area contributed by atoms with E-state index in [2.05, 4.69) is 34.1 Å². The maximum Gasteiger partial charge on any atom is 0.255 e. The Balaban J connectivity index is 1.23. The lowest BCUT2D eigenvalue weighted by Gasteiger charge is -2.25. The highest BCUT2D eigenvalue weighted by Crippen LogP contribution is 2.31. The zero-order valence-corrected chi connectivity index (χ0v) is 25.3. The Morgan fingerprint density at radius 2 is 1.57 bits per heavy atom. The molecule has 1 heterocycles. The predicted molar refractivity (Wildman–Crippen MR) is 174 cm³/mol. The smallest absolute Gasteiger partial charge is 0.255 e. The Morgan fingerprint density at radius 3 is 2.30 bits per heavy atom. The highest BCUT2D eigenvalue weighted by atomic mass is 16.5. The number of rotatable bonds is 14. The topological polar surface area (TPSA) is 75.1 Å². The summed E-state index contributed by atoms with van der Waals surface area (Å²) >= 11 is 0. The van der Waals surface area contributed by atoms with Gasteiger partial charge in [0.2, 0.25) is 0 Å². The highest BCUT2D eigenvalue weighted by Gasteiger charge is 2.17. The molecule has 1 amide bonds. The first kappa shape index (κ1) is 30.7. The quantitative estimate of drug-likeness (QED) is 0.157. The standard InChI is InChI=1S/C37H39N3O4/c1-3-39(2)37(42)34-16-10-15-33-35(21-23-38-36(33)34)44-32-19-17-28(18-20-32)22-24-40(25-29-11-6-4-7-12-29)26-30(41)27-43-31-13-8-5-9-14-31/h4-21,23,30,41H,3,22,24-27H2,1-2H3/t30-/m0/s1. The summed E-state index contributed by atoms with van der Waals surface area (Å²) in [6.45, 7) is 4.80. The largest absolute Gasteiger partial charge is 0.491 e. The van der Waals surface area contributed by atoms with Crippen LogP contribution in [0.15, 0.2) is 115 Å². The average Bonchev–Trinajstić information content (AvgIpc) is 3.07. The molecule has 226 valence electrons. The third-order valence-corrected chi connectivity index (χ3v) is 7.55. The molecule has 1 aromatic heterocycles. The van der Waals surface area contributed by atoms with Gasteiger partial charge in [0.1, 0.15) is 30.0 Å². The maximum atomic E-state index is 12.9. The van der Waals surface area contributed by atoms with Crippen LogP contribution in [0.25, 0.3) is 10.9 Å². The first-order chi connectivity index (χ1) is 21.5. The molecule has 1 atom stereocenters. The number of hydrogen-bond acceptors (Lipinski definition) is 6. The summed E-state index contributed by atoms with van der Waals surface area (Å²) in [5.74, 6) is 2.04. The maximum absolute atomic E-state index is 12.9. The van der Waals surface area contributed by atoms with E-state index < -0.39 is 6.10 Å². The van der Waals surface area contributed by atoms with Crippen molar-refractivity contribution >= 4 is 16.8 Å². The fourth-order valence-electron chi connectivity index (χ4n) is 5.04. The van der Waals surface area contributed by atoms with Crippen LogP contribution in [0.4, 0.5) is 0 Å². The van der Waals surface area contributed by atoms with Gasteiger partial charge in [-0.1, -0.05) is 66.7 Å². The van der Waals surface area contributed by atoms with Crippen LogP contribution in [-0.2, 0) is 13.0 Å². The molecule has 5 rings (SSSR count). The van der Waals surface area contributed by atoms with Crippen molar-refractivity contribution in [2.45, 2.75) is 26.0 Å². The second kappa shape index (κ2) is 15.1. The molecule has 0 aliphatic carbocycles. The van der Waals surface area contributed by atoms with Gasteiger partial charge in [0.25, 0.3) is 5.91 Å². The Bertz CT molecular complexity index is 1630. The second-order valence-electron chi connectivity index (χ2n) is 10.8. The molecular weight excluding hydrogens is 550 g/mol. The number of benzene rings is 4. The molecule has 0 aliphatic heterocycles. The number of aromatic nitrogens is 1. The number of aliphatic hydroxyl groups excluding tert-OH is 1. The van der Waals surface area contributed by atoms with Gasteiger partial charge in [0.05, 0.1) is 11.1 Å². The fraction of sp³-hybridized carbons (Fsp3) is 0.243. The molecule has 0 unspecified atom stereocenters. The summed E-state index contributed by atoms with van der Waals surface area (Å²) in [4.78, 5) is 21.3. The van der Waals surface area contributed by atoms with E-state index >= 15 is 0 Å². The summed E-state index contributed by atoms with van der Waals surface area (Å²) in [5, 5.41) is 11.6. The first-order valence-corrected chi connectivity index (χ1v) is 15.0. The van der Waals surface area contributed by atoms with E-state index in [1.165, 1.54) is 11.1 Å². The molecular formula is C37H39N3O4. The van der Waals surface area contributed by atoms with Crippen LogP contribution in [0.2, 0.25) is 0 Å². The van der Waals surface area contributed by atoms with Crippen LogP contribution in [0.3, 0.4) is 0 Å². The number of fused-ring (bicyclic) bond motifs is 1. The zero-order chi connectivity index (χ0) is 30.7. The van der Waals surface area contributed by atoms with E-state index in [4.69, 9.17) is 9.47 Å². The molecule has 5 aromatic rings. The van der Waals surface area contributed by atoms with Gasteiger partial charge in [0.15, 0.2) is 0 Å². The van der Waals surface area contributed by atoms with Gasteiger partial charge in [-0.2, -0.15) is 0 Å². The molecule has 0 radical (unpaired) electrons. The van der Waals surface area contributed by atoms with Crippen LogP contribution < -0.4 is 9.47 Å². The minimum absolute atomic E-state index is 0.0651. The summed E-state index contributed by atoms with van der Waals surface area (Å²) in [6, 6.07) is 35.3. The van der Waals surface area contributed by atoms with Crippen molar-refractivity contribution in [3.8, 4) is 17.2 Å². The number of carbonyl (C=O) groups is 1. The van der Waals surface area contributed by atoms with E-state index in [1.807, 2.05) is 85.8 Å². The minimum atomic E-state index is -0.622. The van der Waals surface area contributed by atoms with Gasteiger partial charge in [-0.05, 0) is 66.9 Å². The van der Waals surface area contributed by atoms with E-state index in [0.29, 0.717) is 35.7 Å². The summed E-state index contributed by atoms with van der Waals surface area (Å²) in [7, 11) is 1.78. The van der Waals surface area contributed by atoms with Gasteiger partial charge in [0, 0.05) is 44.8 Å². The van der Waals surface area contributed by atoms with Crippen molar-refractivity contribution in [1.29, 1.82) is 0 Å². The number of pyridine rings is 1. The van der Waals surface area contributed by atoms with Crippen LogP contribution in [0.1, 0.15) is 28.4 Å². The van der Waals surface area contributed by atoms with Crippen molar-refractivity contribution in [2.75, 3.05) is 33.3 Å². The van der Waals surface area contributed by atoms with Crippen molar-refractivity contribution in [2.24, 2.45) is 0 Å². The SMILES string of the molecule is CCN(C)C(=O)c1cccc2c(Oc3ccc(CCN(Cc4ccccc4)C[C@H](O)COc4ccccc4)cc3)ccnc12. The van der Waals surface area contributed by atoms with E-state index in [-0.39, 0.29) is 12.5 Å². The van der Waals surface area contributed by atoms with Crippen molar-refractivity contribution in [1.82, 2.24) is 14.8 Å². The zero-order valence-electron chi connectivity index (χ0n) is 25.3. The van der Waals surface area contributed by atoms with Gasteiger partial charge in [-0.15, -0.1) is 0 Å². The molecule has 1 N–H and O–H groups in total. The van der Waals surface area contributed by atoms with E-state index in [0.717, 1.165) is 30.6 Å². The van der Waals surface area contributed by atoms with Crippen LogP contribution >= 0.6 is 0 Å².